The Morgan fingerprint density at radius 3 is 2.43 bits per heavy atom. The van der Waals surface area contributed by atoms with Crippen molar-refractivity contribution in [1.29, 1.82) is 0 Å². The smallest absolute Gasteiger partial charge is 0.312 e. The van der Waals surface area contributed by atoms with E-state index < -0.39 is 0 Å². The van der Waals surface area contributed by atoms with Crippen molar-refractivity contribution < 1.29 is 14.6 Å². The Hall–Kier alpha value is -0.570. The number of rotatable bonds is 3. The Morgan fingerprint density at radius 1 is 1.43 bits per heavy atom. The predicted octanol–water partition coefficient (Wildman–Crippen LogP) is 1.88. The summed E-state index contributed by atoms with van der Waals surface area (Å²) < 4.78 is 5.09. The van der Waals surface area contributed by atoms with Crippen LogP contribution >= 0.6 is 0 Å². The molecule has 82 valence electrons. The molecular weight excluding hydrogens is 180 g/mol. The standard InChI is InChI=1S/C11H20O3/c1-3-11(10(13)14-4-2)7-5-9(12)6-8-11/h9,12H,3-8H2,1-2H3/t9-,11+. The molecule has 1 aliphatic carbocycles. The van der Waals surface area contributed by atoms with Gasteiger partial charge in [-0.25, -0.2) is 0 Å². The molecule has 0 atom stereocenters. The van der Waals surface area contributed by atoms with E-state index in [0.717, 1.165) is 32.1 Å². The minimum Gasteiger partial charge on any atom is -0.466 e. The maximum atomic E-state index is 11.8. The van der Waals surface area contributed by atoms with Gasteiger partial charge >= 0.3 is 5.97 Å². The van der Waals surface area contributed by atoms with Gasteiger partial charge in [0.25, 0.3) is 0 Å². The lowest BCUT2D eigenvalue weighted by Crippen LogP contribution is -2.37. The lowest BCUT2D eigenvalue weighted by Gasteiger charge is -2.35. The molecule has 0 aliphatic heterocycles. The van der Waals surface area contributed by atoms with Gasteiger partial charge in [0.15, 0.2) is 0 Å². The fourth-order valence-electron chi connectivity index (χ4n) is 2.14. The van der Waals surface area contributed by atoms with Crippen LogP contribution < -0.4 is 0 Å². The molecule has 3 nitrogen and oxygen atoms in total. The molecular formula is C11H20O3. The third-order valence-electron chi connectivity index (χ3n) is 3.30. The Balaban J connectivity index is 2.62. The highest BCUT2D eigenvalue weighted by Gasteiger charge is 2.41. The van der Waals surface area contributed by atoms with Gasteiger partial charge in [0.1, 0.15) is 0 Å². The van der Waals surface area contributed by atoms with Crippen molar-refractivity contribution in [3.05, 3.63) is 0 Å². The summed E-state index contributed by atoms with van der Waals surface area (Å²) in [4.78, 5) is 11.8. The van der Waals surface area contributed by atoms with Crippen molar-refractivity contribution in [2.24, 2.45) is 5.41 Å². The first-order valence-corrected chi connectivity index (χ1v) is 5.50. The van der Waals surface area contributed by atoms with Crippen LogP contribution in [-0.2, 0) is 9.53 Å². The van der Waals surface area contributed by atoms with Gasteiger partial charge in [0.05, 0.1) is 18.1 Å². The van der Waals surface area contributed by atoms with Crippen LogP contribution in [0.2, 0.25) is 0 Å². The van der Waals surface area contributed by atoms with Gasteiger partial charge in [0, 0.05) is 0 Å². The second kappa shape index (κ2) is 4.78. The van der Waals surface area contributed by atoms with Crippen molar-refractivity contribution >= 4 is 5.97 Å². The molecule has 0 amide bonds. The minimum absolute atomic E-state index is 0.0746. The molecule has 0 radical (unpaired) electrons. The van der Waals surface area contributed by atoms with Crippen LogP contribution in [0.15, 0.2) is 0 Å². The Morgan fingerprint density at radius 2 is 2.00 bits per heavy atom. The molecule has 1 N–H and O–H groups in total. The number of esters is 1. The van der Waals surface area contributed by atoms with E-state index in [1.54, 1.807) is 0 Å². The lowest BCUT2D eigenvalue weighted by molar-refractivity contribution is -0.159. The maximum absolute atomic E-state index is 11.8. The molecule has 3 heteroatoms. The van der Waals surface area contributed by atoms with Crippen LogP contribution in [0, 0.1) is 5.41 Å². The molecule has 0 aromatic heterocycles. The summed E-state index contributed by atoms with van der Waals surface area (Å²) in [7, 11) is 0. The first kappa shape index (κ1) is 11.5. The summed E-state index contributed by atoms with van der Waals surface area (Å²) in [5, 5.41) is 9.40. The number of ether oxygens (including phenoxy) is 1. The van der Waals surface area contributed by atoms with Crippen molar-refractivity contribution in [2.75, 3.05) is 6.61 Å². The fourth-order valence-corrected chi connectivity index (χ4v) is 2.14. The van der Waals surface area contributed by atoms with E-state index in [9.17, 15) is 9.90 Å². The average Bonchev–Trinajstić information content (AvgIpc) is 2.20. The normalized spacial score (nSPS) is 32.6. The Labute approximate surface area is 85.5 Å². The SMILES string of the molecule is CCOC(=O)[C@]1(CC)CC[C@H](O)CC1. The number of carbonyl (C=O) groups excluding carboxylic acids is 1. The zero-order valence-electron chi connectivity index (χ0n) is 9.08. The van der Waals surface area contributed by atoms with Crippen LogP contribution in [0.3, 0.4) is 0 Å². The molecule has 14 heavy (non-hydrogen) atoms. The predicted molar refractivity (Wildman–Crippen MR) is 53.8 cm³/mol. The van der Waals surface area contributed by atoms with E-state index in [1.807, 2.05) is 13.8 Å². The molecule has 0 aromatic rings. The van der Waals surface area contributed by atoms with Crippen LogP contribution in [0.1, 0.15) is 46.0 Å². The third kappa shape index (κ3) is 2.27. The fraction of sp³-hybridized carbons (Fsp3) is 0.909. The topological polar surface area (TPSA) is 46.5 Å². The molecule has 0 heterocycles. The third-order valence-corrected chi connectivity index (χ3v) is 3.30. The highest BCUT2D eigenvalue weighted by atomic mass is 16.5. The molecule has 0 bridgehead atoms. The van der Waals surface area contributed by atoms with Gasteiger partial charge < -0.3 is 9.84 Å². The van der Waals surface area contributed by atoms with E-state index in [-0.39, 0.29) is 17.5 Å². The Kier molecular flexibility index (Phi) is 3.93. The van der Waals surface area contributed by atoms with Crippen LogP contribution in [0.4, 0.5) is 0 Å². The first-order valence-electron chi connectivity index (χ1n) is 5.50. The zero-order chi connectivity index (χ0) is 10.6. The highest BCUT2D eigenvalue weighted by molar-refractivity contribution is 5.76. The van der Waals surface area contributed by atoms with Crippen LogP contribution in [-0.4, -0.2) is 23.8 Å². The number of carbonyl (C=O) groups is 1. The van der Waals surface area contributed by atoms with E-state index >= 15 is 0 Å². The maximum Gasteiger partial charge on any atom is 0.312 e. The molecule has 1 rings (SSSR count). The second-order valence-electron chi connectivity index (χ2n) is 4.09. The number of aliphatic hydroxyl groups excluding tert-OH is 1. The summed E-state index contributed by atoms with van der Waals surface area (Å²) in [5.41, 5.74) is -0.310. The van der Waals surface area contributed by atoms with E-state index in [0.29, 0.717) is 6.61 Å². The van der Waals surface area contributed by atoms with Crippen molar-refractivity contribution in [3.8, 4) is 0 Å². The summed E-state index contributed by atoms with van der Waals surface area (Å²) in [6, 6.07) is 0. The summed E-state index contributed by atoms with van der Waals surface area (Å²) in [6.07, 6.45) is 3.59. The first-order chi connectivity index (χ1) is 6.64. The van der Waals surface area contributed by atoms with Crippen molar-refractivity contribution in [1.82, 2.24) is 0 Å². The van der Waals surface area contributed by atoms with Crippen LogP contribution in [0.25, 0.3) is 0 Å². The summed E-state index contributed by atoms with van der Waals surface area (Å²) >= 11 is 0. The zero-order valence-corrected chi connectivity index (χ0v) is 9.08. The number of hydrogen-bond donors (Lipinski definition) is 1. The lowest BCUT2D eigenvalue weighted by atomic mass is 9.71. The summed E-state index contributed by atoms with van der Waals surface area (Å²) in [5.74, 6) is -0.0746. The number of hydrogen-bond acceptors (Lipinski definition) is 3. The van der Waals surface area contributed by atoms with E-state index in [4.69, 9.17) is 4.74 Å². The summed E-state index contributed by atoms with van der Waals surface area (Å²) in [6.45, 7) is 4.30. The monoisotopic (exact) mass is 200 g/mol. The molecule has 0 saturated heterocycles. The van der Waals surface area contributed by atoms with Gasteiger partial charge in [-0.3, -0.25) is 4.79 Å². The average molecular weight is 200 g/mol. The minimum atomic E-state index is -0.310. The van der Waals surface area contributed by atoms with Gasteiger partial charge in [-0.15, -0.1) is 0 Å². The quantitative estimate of drug-likeness (QED) is 0.707. The van der Waals surface area contributed by atoms with Crippen molar-refractivity contribution in [2.45, 2.75) is 52.1 Å². The Bertz CT molecular complexity index is 193. The molecule has 1 fully saturated rings. The molecule has 1 saturated carbocycles. The van der Waals surface area contributed by atoms with E-state index in [1.165, 1.54) is 0 Å². The highest BCUT2D eigenvalue weighted by Crippen LogP contribution is 2.40. The van der Waals surface area contributed by atoms with Crippen molar-refractivity contribution in [3.63, 3.8) is 0 Å². The van der Waals surface area contributed by atoms with Gasteiger partial charge in [-0.05, 0) is 39.0 Å². The molecule has 0 spiro atoms. The molecule has 0 unspecified atom stereocenters. The second-order valence-corrected chi connectivity index (χ2v) is 4.09. The van der Waals surface area contributed by atoms with Gasteiger partial charge in [-0.1, -0.05) is 6.92 Å². The molecule has 1 aliphatic rings. The molecule has 0 aromatic carbocycles. The van der Waals surface area contributed by atoms with E-state index in [2.05, 4.69) is 0 Å². The largest absolute Gasteiger partial charge is 0.466 e. The number of aliphatic hydroxyl groups is 1. The van der Waals surface area contributed by atoms with Gasteiger partial charge in [0.2, 0.25) is 0 Å². The van der Waals surface area contributed by atoms with Crippen LogP contribution in [0.5, 0.6) is 0 Å². The van der Waals surface area contributed by atoms with Gasteiger partial charge in [-0.2, -0.15) is 0 Å².